The summed E-state index contributed by atoms with van der Waals surface area (Å²) in [6.07, 6.45) is 0. The van der Waals surface area contributed by atoms with Crippen molar-refractivity contribution < 1.29 is 19.5 Å². The first-order chi connectivity index (χ1) is 11.8. The summed E-state index contributed by atoms with van der Waals surface area (Å²) in [5, 5.41) is 11.7. The van der Waals surface area contributed by atoms with Gasteiger partial charge in [-0.05, 0) is 26.1 Å². The molecule has 2 N–H and O–H groups in total. The number of carboxylic acid groups (broad SMARTS) is 1. The van der Waals surface area contributed by atoms with Crippen LogP contribution in [0.3, 0.4) is 0 Å². The van der Waals surface area contributed by atoms with Crippen molar-refractivity contribution in [3.63, 3.8) is 0 Å². The SMILES string of the molecule is C=N[C@@H](C(=O)N[C@@H]1C(=O)N2[C@@H]1SC(C)(C)[C@@H]2C(=O)O)c1ccccc1.[NaH]. The number of hydrogen-bond donors (Lipinski definition) is 2. The van der Waals surface area contributed by atoms with Crippen LogP contribution in [-0.4, -0.2) is 86.3 Å². The molecule has 0 unspecified atom stereocenters. The van der Waals surface area contributed by atoms with E-state index >= 15 is 0 Å². The second-order valence-corrected chi connectivity index (χ2v) is 8.35. The molecule has 2 aliphatic rings. The van der Waals surface area contributed by atoms with Crippen molar-refractivity contribution in [3.8, 4) is 0 Å². The van der Waals surface area contributed by atoms with Gasteiger partial charge in [0.25, 0.3) is 0 Å². The Balaban J connectivity index is 0.00000243. The van der Waals surface area contributed by atoms with Crippen LogP contribution in [0.2, 0.25) is 0 Å². The summed E-state index contributed by atoms with van der Waals surface area (Å²) < 4.78 is -0.624. The van der Waals surface area contributed by atoms with E-state index < -0.39 is 34.7 Å². The van der Waals surface area contributed by atoms with E-state index in [-0.39, 0.29) is 40.8 Å². The summed E-state index contributed by atoms with van der Waals surface area (Å²) in [6, 6.07) is 6.51. The van der Waals surface area contributed by atoms with Gasteiger partial charge in [-0.25, -0.2) is 4.79 Å². The van der Waals surface area contributed by atoms with Crippen LogP contribution >= 0.6 is 11.8 Å². The van der Waals surface area contributed by atoms with E-state index in [4.69, 9.17) is 0 Å². The second kappa shape index (κ2) is 7.72. The van der Waals surface area contributed by atoms with E-state index in [0.29, 0.717) is 5.56 Å². The molecule has 2 heterocycles. The van der Waals surface area contributed by atoms with Crippen LogP contribution in [0.1, 0.15) is 25.5 Å². The maximum absolute atomic E-state index is 12.5. The van der Waals surface area contributed by atoms with Crippen molar-refractivity contribution in [2.24, 2.45) is 4.99 Å². The number of benzene rings is 1. The Kier molecular flexibility index (Phi) is 6.22. The number of aliphatic carboxylic acids is 1. The number of hydrogen-bond acceptors (Lipinski definition) is 5. The number of rotatable bonds is 5. The van der Waals surface area contributed by atoms with Crippen molar-refractivity contribution in [2.75, 3.05) is 0 Å². The van der Waals surface area contributed by atoms with Crippen molar-refractivity contribution in [3.05, 3.63) is 35.9 Å². The Labute approximate surface area is 177 Å². The van der Waals surface area contributed by atoms with Crippen LogP contribution in [0.25, 0.3) is 0 Å². The Bertz CT molecular complexity index is 743. The molecule has 134 valence electrons. The Morgan fingerprint density at radius 1 is 1.35 bits per heavy atom. The monoisotopic (exact) mass is 385 g/mol. The van der Waals surface area contributed by atoms with E-state index in [1.807, 2.05) is 6.07 Å². The summed E-state index contributed by atoms with van der Waals surface area (Å²) in [5.41, 5.74) is 0.682. The number of nitrogens with one attached hydrogen (secondary N) is 1. The molecule has 26 heavy (non-hydrogen) atoms. The van der Waals surface area contributed by atoms with Gasteiger partial charge in [0, 0.05) is 4.75 Å². The molecule has 0 bridgehead atoms. The van der Waals surface area contributed by atoms with Crippen molar-refractivity contribution in [2.45, 2.75) is 42.1 Å². The third-order valence-electron chi connectivity index (χ3n) is 4.52. The predicted octanol–water partition coefficient (Wildman–Crippen LogP) is 0.412. The number of fused-ring (bicyclic) bond motifs is 1. The van der Waals surface area contributed by atoms with Crippen LogP contribution in [-0.2, 0) is 14.4 Å². The molecule has 2 amide bonds. The normalized spacial score (nSPS) is 26.8. The molecule has 0 aromatic heterocycles. The van der Waals surface area contributed by atoms with Crippen LogP contribution in [0.4, 0.5) is 0 Å². The molecule has 2 saturated heterocycles. The molecule has 0 radical (unpaired) electrons. The van der Waals surface area contributed by atoms with E-state index in [2.05, 4.69) is 17.0 Å². The van der Waals surface area contributed by atoms with Gasteiger partial charge in [-0.3, -0.25) is 14.6 Å². The third-order valence-corrected chi connectivity index (χ3v) is 6.09. The van der Waals surface area contributed by atoms with Gasteiger partial charge in [0.15, 0.2) is 6.04 Å². The number of amides is 2. The average Bonchev–Trinajstić information content (AvgIpc) is 2.82. The first-order valence-corrected chi connectivity index (χ1v) is 8.70. The molecule has 0 aliphatic carbocycles. The minimum atomic E-state index is -1.03. The molecule has 9 heteroatoms. The molecule has 0 spiro atoms. The molecule has 7 nitrogen and oxygen atoms in total. The number of carbonyl (C=O) groups is 3. The molecule has 4 atom stereocenters. The fourth-order valence-electron chi connectivity index (χ4n) is 3.35. The van der Waals surface area contributed by atoms with Crippen LogP contribution in [0.5, 0.6) is 0 Å². The molecular weight excluding hydrogens is 365 g/mol. The Morgan fingerprint density at radius 3 is 2.50 bits per heavy atom. The van der Waals surface area contributed by atoms with E-state index in [1.54, 1.807) is 38.1 Å². The molecule has 2 fully saturated rings. The predicted molar refractivity (Wildman–Crippen MR) is 102 cm³/mol. The van der Waals surface area contributed by atoms with Gasteiger partial charge < -0.3 is 15.3 Å². The standard InChI is InChI=1S/C17H19N3O4S.Na.H/c1-17(2)12(16(23)24)20-14(22)11(15(20)25-17)19-13(21)10(18-3)9-7-5-4-6-8-9;;/h4-8,10-12,15H,3H2,1-2H3,(H,19,21)(H,23,24);;/t10-,11-,12+,15-;;/m1../s1. The summed E-state index contributed by atoms with van der Waals surface area (Å²) >= 11 is 1.39. The zero-order valence-electron chi connectivity index (χ0n) is 13.9. The molecule has 1 aromatic rings. The first-order valence-electron chi connectivity index (χ1n) is 7.82. The van der Waals surface area contributed by atoms with Gasteiger partial charge in [-0.2, -0.15) is 0 Å². The van der Waals surface area contributed by atoms with E-state index in [0.717, 1.165) is 0 Å². The molecule has 1 aromatic carbocycles. The van der Waals surface area contributed by atoms with Gasteiger partial charge in [0.1, 0.15) is 17.5 Å². The van der Waals surface area contributed by atoms with Crippen LogP contribution in [0, 0.1) is 0 Å². The fourth-order valence-corrected chi connectivity index (χ4v) is 4.98. The third kappa shape index (κ3) is 3.43. The number of nitrogens with zero attached hydrogens (tertiary/aromatic N) is 2. The molecule has 3 rings (SSSR count). The Hall–Kier alpha value is -1.35. The van der Waals surface area contributed by atoms with Gasteiger partial charge in [-0.15, -0.1) is 11.8 Å². The number of carboxylic acids is 1. The number of carbonyl (C=O) groups excluding carboxylic acids is 2. The number of aliphatic imine (C=N–C) groups is 1. The zero-order chi connectivity index (χ0) is 18.4. The molecule has 0 saturated carbocycles. The first kappa shape index (κ1) is 21.0. The van der Waals surface area contributed by atoms with Crippen molar-refractivity contribution in [1.29, 1.82) is 0 Å². The van der Waals surface area contributed by atoms with E-state index in [9.17, 15) is 19.5 Å². The topological polar surface area (TPSA) is 99.1 Å². The van der Waals surface area contributed by atoms with Crippen LogP contribution in [0.15, 0.2) is 35.3 Å². The average molecular weight is 385 g/mol. The quantitative estimate of drug-likeness (QED) is 0.435. The summed E-state index contributed by atoms with van der Waals surface area (Å²) in [4.78, 5) is 41.7. The fraction of sp³-hybridized carbons (Fsp3) is 0.412. The van der Waals surface area contributed by atoms with Gasteiger partial charge in [0.2, 0.25) is 11.8 Å². The van der Waals surface area contributed by atoms with Gasteiger partial charge in [-0.1, -0.05) is 30.3 Å². The molecular formula is C17H20N3NaO4S. The summed E-state index contributed by atoms with van der Waals surface area (Å²) in [5.74, 6) is -1.83. The van der Waals surface area contributed by atoms with Gasteiger partial charge in [0.05, 0.1) is 0 Å². The summed E-state index contributed by atoms with van der Waals surface area (Å²) in [6.45, 7) is 7.05. The maximum atomic E-state index is 12.5. The van der Waals surface area contributed by atoms with Crippen LogP contribution < -0.4 is 5.32 Å². The van der Waals surface area contributed by atoms with Crippen molar-refractivity contribution in [1.82, 2.24) is 10.2 Å². The number of thioether (sulfide) groups is 1. The number of β-lactam (4-membered cyclic amide) rings is 1. The van der Waals surface area contributed by atoms with Crippen molar-refractivity contribution >= 4 is 65.8 Å². The second-order valence-electron chi connectivity index (χ2n) is 6.58. The zero-order valence-corrected chi connectivity index (χ0v) is 14.7. The summed E-state index contributed by atoms with van der Waals surface area (Å²) in [7, 11) is 0. The molecule has 2 aliphatic heterocycles. The van der Waals surface area contributed by atoms with E-state index in [1.165, 1.54) is 16.7 Å². The minimum absolute atomic E-state index is 0. The van der Waals surface area contributed by atoms with Gasteiger partial charge >= 0.3 is 35.5 Å². The Morgan fingerprint density at radius 2 is 1.96 bits per heavy atom.